The molecule has 0 radical (unpaired) electrons. The van der Waals surface area contributed by atoms with Gasteiger partial charge in [0.25, 0.3) is 0 Å². The van der Waals surface area contributed by atoms with Gasteiger partial charge < -0.3 is 19.3 Å². The quantitative estimate of drug-likeness (QED) is 0.178. The Bertz CT molecular complexity index is 1820. The molecule has 0 atom stereocenters. The number of nitrogens with zero attached hydrogens (tertiary/aromatic N) is 2. The highest BCUT2D eigenvalue weighted by Crippen LogP contribution is 2.52. The molecule has 1 aliphatic rings. The van der Waals surface area contributed by atoms with Crippen molar-refractivity contribution in [3.05, 3.63) is 114 Å². The van der Waals surface area contributed by atoms with Gasteiger partial charge in [-0.1, -0.05) is 56.3 Å². The first kappa shape index (κ1) is 30.3. The van der Waals surface area contributed by atoms with Crippen LogP contribution in [-0.2, 0) is 0 Å². The number of rotatable bonds is 8. The molecule has 0 fully saturated rings. The highest BCUT2D eigenvalue weighted by atomic mass is 16.5. The zero-order valence-electron chi connectivity index (χ0n) is 27.8. The van der Waals surface area contributed by atoms with Crippen LogP contribution in [0, 0.1) is 6.92 Å². The number of anilines is 4. The topological polar surface area (TPSA) is 24.9 Å². The number of aryl methyl sites for hydroxylation is 1. The maximum Gasteiger partial charge on any atom is 0.127 e. The minimum Gasteiger partial charge on any atom is -0.497 e. The van der Waals surface area contributed by atoms with Crippen molar-refractivity contribution in [3.63, 3.8) is 0 Å². The first-order valence-corrected chi connectivity index (χ1v) is 16.0. The largest absolute Gasteiger partial charge is 0.497 e. The summed E-state index contributed by atoms with van der Waals surface area (Å²) < 4.78 is 11.7. The Morgan fingerprint density at radius 2 is 1.07 bits per heavy atom. The van der Waals surface area contributed by atoms with Crippen LogP contribution in [0.1, 0.15) is 58.6 Å². The minimum absolute atomic E-state index is 0.271. The van der Waals surface area contributed by atoms with Crippen LogP contribution in [0.2, 0.25) is 0 Å². The van der Waals surface area contributed by atoms with E-state index in [2.05, 4.69) is 131 Å². The van der Waals surface area contributed by atoms with E-state index in [1.54, 1.807) is 7.11 Å². The molecular formula is C41H44N2O2. The van der Waals surface area contributed by atoms with Gasteiger partial charge in [-0.2, -0.15) is 0 Å². The lowest BCUT2D eigenvalue weighted by atomic mass is 9.90. The fourth-order valence-electron chi connectivity index (χ4n) is 6.60. The van der Waals surface area contributed by atoms with Crippen molar-refractivity contribution in [1.82, 2.24) is 0 Å². The molecule has 0 saturated carbocycles. The molecule has 4 heteroatoms. The molecule has 0 aromatic heterocycles. The highest BCUT2D eigenvalue weighted by molar-refractivity contribution is 5.97. The van der Waals surface area contributed by atoms with Crippen LogP contribution >= 0.6 is 0 Å². The summed E-state index contributed by atoms with van der Waals surface area (Å²) in [5.41, 5.74) is 12.3. The van der Waals surface area contributed by atoms with Gasteiger partial charge in [0, 0.05) is 12.1 Å². The molecule has 5 aromatic carbocycles. The molecule has 230 valence electrons. The normalized spacial score (nSPS) is 12.5. The summed E-state index contributed by atoms with van der Waals surface area (Å²) >= 11 is 0. The average Bonchev–Trinajstić information content (AvgIpc) is 3.03. The molecule has 0 saturated heterocycles. The van der Waals surface area contributed by atoms with Gasteiger partial charge >= 0.3 is 0 Å². The van der Waals surface area contributed by atoms with E-state index in [0.717, 1.165) is 17.2 Å². The molecule has 5 aromatic rings. The van der Waals surface area contributed by atoms with Gasteiger partial charge in [0.2, 0.25) is 0 Å². The van der Waals surface area contributed by atoms with E-state index < -0.39 is 0 Å². The molecule has 0 N–H and O–H groups in total. The fourth-order valence-corrected chi connectivity index (χ4v) is 6.60. The predicted molar refractivity (Wildman–Crippen MR) is 190 cm³/mol. The molecule has 45 heavy (non-hydrogen) atoms. The third-order valence-electron chi connectivity index (χ3n) is 8.70. The van der Waals surface area contributed by atoms with Crippen molar-refractivity contribution in [1.29, 1.82) is 0 Å². The van der Waals surface area contributed by atoms with E-state index in [-0.39, 0.29) is 12.1 Å². The van der Waals surface area contributed by atoms with Crippen molar-refractivity contribution in [2.24, 2.45) is 0 Å². The van der Waals surface area contributed by atoms with Gasteiger partial charge in [-0.3, -0.25) is 0 Å². The van der Waals surface area contributed by atoms with Crippen LogP contribution in [0.5, 0.6) is 17.2 Å². The van der Waals surface area contributed by atoms with E-state index >= 15 is 0 Å². The van der Waals surface area contributed by atoms with Crippen molar-refractivity contribution in [3.8, 4) is 39.5 Å². The summed E-state index contributed by atoms with van der Waals surface area (Å²) in [5.74, 6) is 2.96. The number of ether oxygens (including phenoxy) is 2. The van der Waals surface area contributed by atoms with E-state index in [9.17, 15) is 0 Å². The Balaban J connectivity index is 1.43. The predicted octanol–water partition coefficient (Wildman–Crippen LogP) is 11.7. The summed E-state index contributed by atoms with van der Waals surface area (Å²) in [6.07, 6.45) is 0. The Morgan fingerprint density at radius 3 is 1.60 bits per heavy atom. The van der Waals surface area contributed by atoms with Crippen LogP contribution in [-0.4, -0.2) is 19.2 Å². The van der Waals surface area contributed by atoms with E-state index in [4.69, 9.17) is 9.47 Å². The van der Waals surface area contributed by atoms with Crippen molar-refractivity contribution >= 4 is 22.7 Å². The van der Waals surface area contributed by atoms with Gasteiger partial charge in [-0.15, -0.1) is 0 Å². The fraction of sp³-hybridized carbons (Fsp3) is 0.268. The van der Waals surface area contributed by atoms with E-state index in [1.807, 2.05) is 30.3 Å². The standard InChI is InChI=1S/C41H44N2O2/c1-26(2)37-25-33(44-8)16-19-36(37)31-15-21-39-41(24-31)43(28(5)6)38-20-14-30(23-40(38)42(39)27(3)4)35-18-17-34(22-29(35)7)45-32-12-10-9-11-13-32/h9-28H,1-8H3. The van der Waals surface area contributed by atoms with Crippen molar-refractivity contribution in [2.45, 2.75) is 66.5 Å². The van der Waals surface area contributed by atoms with Gasteiger partial charge in [0.1, 0.15) is 17.2 Å². The monoisotopic (exact) mass is 596 g/mol. The van der Waals surface area contributed by atoms with Crippen LogP contribution in [0.15, 0.2) is 103 Å². The number of para-hydroxylation sites is 1. The average molecular weight is 597 g/mol. The van der Waals surface area contributed by atoms with Gasteiger partial charge in [0.05, 0.1) is 29.9 Å². The first-order valence-electron chi connectivity index (χ1n) is 16.0. The lowest BCUT2D eigenvalue weighted by Crippen LogP contribution is -2.36. The van der Waals surface area contributed by atoms with Crippen LogP contribution in [0.4, 0.5) is 22.7 Å². The molecule has 6 rings (SSSR count). The Kier molecular flexibility index (Phi) is 8.33. The van der Waals surface area contributed by atoms with Crippen LogP contribution in [0.3, 0.4) is 0 Å². The Hall–Kier alpha value is -4.70. The summed E-state index contributed by atoms with van der Waals surface area (Å²) in [4.78, 5) is 5.00. The smallest absolute Gasteiger partial charge is 0.127 e. The molecule has 0 spiro atoms. The van der Waals surface area contributed by atoms with Gasteiger partial charge in [-0.25, -0.2) is 0 Å². The minimum atomic E-state index is 0.271. The highest BCUT2D eigenvalue weighted by Gasteiger charge is 2.32. The summed E-state index contributed by atoms with van der Waals surface area (Å²) in [7, 11) is 1.73. The second kappa shape index (κ2) is 12.4. The molecule has 0 amide bonds. The maximum atomic E-state index is 6.12. The number of fused-ring (bicyclic) bond motifs is 2. The summed E-state index contributed by atoms with van der Waals surface area (Å²) in [6, 6.07) is 37.2. The van der Waals surface area contributed by atoms with Crippen LogP contribution in [0.25, 0.3) is 22.3 Å². The molecule has 0 bridgehead atoms. The summed E-state index contributed by atoms with van der Waals surface area (Å²) in [5, 5.41) is 0. The summed E-state index contributed by atoms with van der Waals surface area (Å²) in [6.45, 7) is 15.8. The molecular weight excluding hydrogens is 552 g/mol. The third-order valence-corrected chi connectivity index (χ3v) is 8.70. The molecule has 1 aliphatic heterocycles. The molecule has 0 aliphatic carbocycles. The molecule has 1 heterocycles. The number of methoxy groups -OCH3 is 1. The van der Waals surface area contributed by atoms with Gasteiger partial charge in [0.15, 0.2) is 0 Å². The zero-order valence-corrected chi connectivity index (χ0v) is 27.8. The van der Waals surface area contributed by atoms with Crippen molar-refractivity contribution in [2.75, 3.05) is 16.9 Å². The number of hydrogen-bond acceptors (Lipinski definition) is 4. The first-order chi connectivity index (χ1) is 21.7. The number of benzene rings is 5. The Morgan fingerprint density at radius 1 is 0.511 bits per heavy atom. The van der Waals surface area contributed by atoms with Gasteiger partial charge in [-0.05, 0) is 135 Å². The SMILES string of the molecule is COc1ccc(-c2ccc3c(c2)N(C(C)C)c2ccc(-c4ccc(Oc5ccccc5)cc4C)cc2N3C(C)C)c(C(C)C)c1. The number of hydrogen-bond donors (Lipinski definition) is 0. The molecule has 4 nitrogen and oxygen atoms in total. The van der Waals surface area contributed by atoms with E-state index in [1.165, 1.54) is 56.1 Å². The lowest BCUT2D eigenvalue weighted by molar-refractivity contribution is 0.414. The molecule has 0 unspecified atom stereocenters. The maximum absolute atomic E-state index is 6.12. The Labute approximate surface area is 268 Å². The lowest BCUT2D eigenvalue weighted by Gasteiger charge is -2.44. The zero-order chi connectivity index (χ0) is 31.8. The third kappa shape index (κ3) is 5.78. The second-order valence-electron chi connectivity index (χ2n) is 12.8. The second-order valence-corrected chi connectivity index (χ2v) is 12.8. The van der Waals surface area contributed by atoms with Crippen LogP contribution < -0.4 is 19.3 Å². The van der Waals surface area contributed by atoms with Crippen molar-refractivity contribution < 1.29 is 9.47 Å². The van der Waals surface area contributed by atoms with E-state index in [0.29, 0.717) is 5.92 Å².